The molecular weight excluding hydrogens is 370 g/mol. The highest BCUT2D eigenvalue weighted by Crippen LogP contribution is 2.16. The summed E-state index contributed by atoms with van der Waals surface area (Å²) in [6, 6.07) is 15.8. The van der Waals surface area contributed by atoms with Gasteiger partial charge in [0.1, 0.15) is 0 Å². The SMILES string of the molecule is CC(C)n1nc(C(=O)OCC(=O)N[C@@H](C)c2ccccc2)c2ccccc2c1=O. The number of hydrogen-bond donors (Lipinski definition) is 1. The number of esters is 1. The van der Waals surface area contributed by atoms with E-state index in [1.165, 1.54) is 4.68 Å². The first-order valence-corrected chi connectivity index (χ1v) is 9.41. The van der Waals surface area contributed by atoms with Crippen LogP contribution in [0.25, 0.3) is 10.8 Å². The van der Waals surface area contributed by atoms with E-state index in [4.69, 9.17) is 4.74 Å². The van der Waals surface area contributed by atoms with Gasteiger partial charge in [-0.1, -0.05) is 48.5 Å². The number of aromatic nitrogens is 2. The summed E-state index contributed by atoms with van der Waals surface area (Å²) in [5.74, 6) is -1.17. The Morgan fingerprint density at radius 3 is 2.28 bits per heavy atom. The lowest BCUT2D eigenvalue weighted by molar-refractivity contribution is -0.124. The van der Waals surface area contributed by atoms with Crippen LogP contribution in [0.5, 0.6) is 0 Å². The van der Waals surface area contributed by atoms with Crippen LogP contribution < -0.4 is 10.9 Å². The molecule has 1 heterocycles. The van der Waals surface area contributed by atoms with Gasteiger partial charge >= 0.3 is 5.97 Å². The fraction of sp³-hybridized carbons (Fsp3) is 0.273. The Labute approximate surface area is 168 Å². The molecule has 150 valence electrons. The van der Waals surface area contributed by atoms with Gasteiger partial charge in [0.25, 0.3) is 11.5 Å². The molecule has 0 saturated heterocycles. The lowest BCUT2D eigenvalue weighted by atomic mass is 10.1. The van der Waals surface area contributed by atoms with Crippen LogP contribution in [-0.2, 0) is 9.53 Å². The van der Waals surface area contributed by atoms with Gasteiger partial charge in [0.15, 0.2) is 12.3 Å². The molecule has 0 bridgehead atoms. The highest BCUT2D eigenvalue weighted by atomic mass is 16.5. The van der Waals surface area contributed by atoms with Crippen molar-refractivity contribution in [1.29, 1.82) is 0 Å². The lowest BCUT2D eigenvalue weighted by Gasteiger charge is -2.15. The van der Waals surface area contributed by atoms with Gasteiger partial charge in [-0.25, -0.2) is 9.48 Å². The number of nitrogens with one attached hydrogen (secondary N) is 1. The Bertz CT molecular complexity index is 1090. The highest BCUT2D eigenvalue weighted by molar-refractivity contribution is 6.02. The van der Waals surface area contributed by atoms with Gasteiger partial charge in [0, 0.05) is 5.39 Å². The van der Waals surface area contributed by atoms with Gasteiger partial charge in [0.05, 0.1) is 17.5 Å². The molecule has 1 atom stereocenters. The van der Waals surface area contributed by atoms with Crippen LogP contribution in [0, 0.1) is 0 Å². The fourth-order valence-electron chi connectivity index (χ4n) is 3.01. The normalized spacial score (nSPS) is 12.0. The first-order valence-electron chi connectivity index (χ1n) is 9.41. The molecule has 3 rings (SSSR count). The summed E-state index contributed by atoms with van der Waals surface area (Å²) in [4.78, 5) is 37.4. The zero-order chi connectivity index (χ0) is 21.0. The summed E-state index contributed by atoms with van der Waals surface area (Å²) in [6.07, 6.45) is 0. The quantitative estimate of drug-likeness (QED) is 0.650. The van der Waals surface area contributed by atoms with Crippen molar-refractivity contribution < 1.29 is 14.3 Å². The molecule has 29 heavy (non-hydrogen) atoms. The number of amides is 1. The molecule has 2 aromatic carbocycles. The van der Waals surface area contributed by atoms with E-state index in [1.54, 1.807) is 38.1 Å². The van der Waals surface area contributed by atoms with Crippen molar-refractivity contribution in [3.8, 4) is 0 Å². The number of carbonyl (C=O) groups excluding carboxylic acids is 2. The van der Waals surface area contributed by atoms with E-state index in [0.717, 1.165) is 5.56 Å². The van der Waals surface area contributed by atoms with Crippen molar-refractivity contribution in [2.24, 2.45) is 0 Å². The molecule has 3 aromatic rings. The zero-order valence-electron chi connectivity index (χ0n) is 16.6. The van der Waals surface area contributed by atoms with E-state index in [0.29, 0.717) is 10.8 Å². The van der Waals surface area contributed by atoms with E-state index in [9.17, 15) is 14.4 Å². The molecule has 0 fully saturated rings. The number of hydrogen-bond acceptors (Lipinski definition) is 5. The van der Waals surface area contributed by atoms with E-state index < -0.39 is 18.5 Å². The third-order valence-electron chi connectivity index (χ3n) is 4.52. The predicted octanol–water partition coefficient (Wildman–Crippen LogP) is 3.01. The van der Waals surface area contributed by atoms with Gasteiger partial charge in [0.2, 0.25) is 0 Å². The van der Waals surface area contributed by atoms with E-state index in [2.05, 4.69) is 10.4 Å². The number of nitrogens with zero attached hydrogens (tertiary/aromatic N) is 2. The third kappa shape index (κ3) is 4.51. The fourth-order valence-corrected chi connectivity index (χ4v) is 3.01. The van der Waals surface area contributed by atoms with Gasteiger partial charge < -0.3 is 10.1 Å². The molecule has 1 amide bonds. The maximum absolute atomic E-state index is 12.6. The topological polar surface area (TPSA) is 90.3 Å². The summed E-state index contributed by atoms with van der Waals surface area (Å²) >= 11 is 0. The Morgan fingerprint density at radius 2 is 1.62 bits per heavy atom. The molecule has 0 spiro atoms. The van der Waals surface area contributed by atoms with Crippen LogP contribution in [0.4, 0.5) is 0 Å². The van der Waals surface area contributed by atoms with Crippen LogP contribution in [-0.4, -0.2) is 28.3 Å². The minimum atomic E-state index is -0.752. The summed E-state index contributed by atoms with van der Waals surface area (Å²) in [6.45, 7) is 5.02. The molecule has 7 heteroatoms. The van der Waals surface area contributed by atoms with Crippen molar-refractivity contribution >= 4 is 22.6 Å². The Morgan fingerprint density at radius 1 is 1.00 bits per heavy atom. The highest BCUT2D eigenvalue weighted by Gasteiger charge is 2.20. The number of rotatable bonds is 6. The third-order valence-corrected chi connectivity index (χ3v) is 4.52. The second kappa shape index (κ2) is 8.68. The molecule has 0 aliphatic rings. The van der Waals surface area contributed by atoms with Crippen molar-refractivity contribution in [3.05, 3.63) is 76.2 Å². The summed E-state index contributed by atoms with van der Waals surface area (Å²) in [5.41, 5.74) is 0.684. The van der Waals surface area contributed by atoms with Gasteiger partial charge in [-0.3, -0.25) is 9.59 Å². The lowest BCUT2D eigenvalue weighted by Crippen LogP contribution is -2.32. The molecular formula is C22H23N3O4. The number of fused-ring (bicyclic) bond motifs is 1. The minimum Gasteiger partial charge on any atom is -0.451 e. The molecule has 1 N–H and O–H groups in total. The van der Waals surface area contributed by atoms with Crippen molar-refractivity contribution in [1.82, 2.24) is 15.1 Å². The van der Waals surface area contributed by atoms with Crippen LogP contribution in [0.1, 0.15) is 48.9 Å². The molecule has 0 aliphatic heterocycles. The Balaban J connectivity index is 1.75. The number of ether oxygens (including phenoxy) is 1. The van der Waals surface area contributed by atoms with E-state index in [-0.39, 0.29) is 23.3 Å². The second-order valence-electron chi connectivity index (χ2n) is 7.01. The standard InChI is InChI=1S/C22H23N3O4/c1-14(2)25-21(27)18-12-8-7-11-17(18)20(24-25)22(28)29-13-19(26)23-15(3)16-9-5-4-6-10-16/h4-12,14-15H,13H2,1-3H3,(H,23,26)/t15-/m0/s1. The van der Waals surface area contributed by atoms with Crippen molar-refractivity contribution in [3.63, 3.8) is 0 Å². The predicted molar refractivity (Wildman–Crippen MR) is 110 cm³/mol. The smallest absolute Gasteiger partial charge is 0.359 e. The average Bonchev–Trinajstić information content (AvgIpc) is 2.73. The van der Waals surface area contributed by atoms with E-state index >= 15 is 0 Å². The Hall–Kier alpha value is -3.48. The number of benzene rings is 2. The second-order valence-corrected chi connectivity index (χ2v) is 7.01. The zero-order valence-corrected chi connectivity index (χ0v) is 16.6. The molecule has 1 aromatic heterocycles. The minimum absolute atomic E-state index is 0.0119. The van der Waals surface area contributed by atoms with Crippen LogP contribution in [0.15, 0.2) is 59.4 Å². The van der Waals surface area contributed by atoms with Crippen LogP contribution in [0.3, 0.4) is 0 Å². The van der Waals surface area contributed by atoms with Gasteiger partial charge in [-0.2, -0.15) is 5.10 Å². The van der Waals surface area contributed by atoms with E-state index in [1.807, 2.05) is 37.3 Å². The summed E-state index contributed by atoms with van der Waals surface area (Å²) in [5, 5.41) is 7.75. The summed E-state index contributed by atoms with van der Waals surface area (Å²) < 4.78 is 6.43. The van der Waals surface area contributed by atoms with Crippen molar-refractivity contribution in [2.45, 2.75) is 32.9 Å². The maximum atomic E-state index is 12.6. The van der Waals surface area contributed by atoms with Crippen molar-refractivity contribution in [2.75, 3.05) is 6.61 Å². The molecule has 0 saturated carbocycles. The Kier molecular flexibility index (Phi) is 6.07. The van der Waals surface area contributed by atoms with Gasteiger partial charge in [-0.15, -0.1) is 0 Å². The molecule has 0 unspecified atom stereocenters. The average molecular weight is 393 g/mol. The van der Waals surface area contributed by atoms with Crippen LogP contribution >= 0.6 is 0 Å². The first-order chi connectivity index (χ1) is 13.9. The number of carbonyl (C=O) groups is 2. The molecule has 7 nitrogen and oxygen atoms in total. The van der Waals surface area contributed by atoms with Gasteiger partial charge in [-0.05, 0) is 32.4 Å². The summed E-state index contributed by atoms with van der Waals surface area (Å²) in [7, 11) is 0. The van der Waals surface area contributed by atoms with Crippen LogP contribution in [0.2, 0.25) is 0 Å². The maximum Gasteiger partial charge on any atom is 0.359 e. The molecule has 0 radical (unpaired) electrons. The first kappa shape index (κ1) is 20.3. The molecule has 0 aliphatic carbocycles. The monoisotopic (exact) mass is 393 g/mol. The largest absolute Gasteiger partial charge is 0.451 e.